The highest BCUT2D eigenvalue weighted by Crippen LogP contribution is 2.26. The molecule has 0 bridgehead atoms. The smallest absolute Gasteiger partial charge is 0.227 e. The predicted octanol–water partition coefficient (Wildman–Crippen LogP) is 2.70. The van der Waals surface area contributed by atoms with E-state index in [9.17, 15) is 9.59 Å². The van der Waals surface area contributed by atoms with Crippen LogP contribution in [0.4, 0.5) is 5.69 Å². The molecule has 2 aromatic rings. The van der Waals surface area contributed by atoms with E-state index in [1.807, 2.05) is 43.4 Å². The first kappa shape index (κ1) is 18.1. The Hall–Kier alpha value is -2.69. The summed E-state index contributed by atoms with van der Waals surface area (Å²) in [6.07, 6.45) is 5.56. The van der Waals surface area contributed by atoms with Crippen LogP contribution in [-0.4, -0.2) is 41.8 Å². The van der Waals surface area contributed by atoms with Crippen molar-refractivity contribution in [3.63, 3.8) is 0 Å². The van der Waals surface area contributed by atoms with Gasteiger partial charge in [0.15, 0.2) is 0 Å². The zero-order valence-electron chi connectivity index (χ0n) is 15.4. The minimum atomic E-state index is -0.268. The van der Waals surface area contributed by atoms with E-state index in [0.717, 1.165) is 24.1 Å². The number of pyridine rings is 1. The molecule has 0 saturated carbocycles. The molecule has 5 heteroatoms. The first-order valence-electron chi connectivity index (χ1n) is 9.11. The van der Waals surface area contributed by atoms with Gasteiger partial charge in [0.2, 0.25) is 11.8 Å². The lowest BCUT2D eigenvalue weighted by Gasteiger charge is -2.21. The van der Waals surface area contributed by atoms with E-state index < -0.39 is 0 Å². The normalized spacial score (nSPS) is 16.8. The lowest BCUT2D eigenvalue weighted by molar-refractivity contribution is -0.134. The van der Waals surface area contributed by atoms with Crippen molar-refractivity contribution in [1.82, 2.24) is 9.88 Å². The fraction of sp³-hybridized carbons (Fsp3) is 0.381. The van der Waals surface area contributed by atoms with E-state index in [0.29, 0.717) is 13.1 Å². The number of hydrogen-bond acceptors (Lipinski definition) is 3. The standard InChI is InChI=1S/C21H25N3O2/c1-3-16-4-6-19(7-5-16)24-15-18(14-20(24)25)21(26)23(2)13-10-17-8-11-22-12-9-17/h4-9,11-12,18H,3,10,13-15H2,1-2H3. The molecule has 0 aliphatic carbocycles. The van der Waals surface area contributed by atoms with Crippen molar-refractivity contribution in [3.8, 4) is 0 Å². The highest BCUT2D eigenvalue weighted by Gasteiger charge is 2.36. The molecule has 0 N–H and O–H groups in total. The number of nitrogens with zero attached hydrogens (tertiary/aromatic N) is 3. The molecule has 1 atom stereocenters. The average Bonchev–Trinajstić information content (AvgIpc) is 3.08. The van der Waals surface area contributed by atoms with Gasteiger partial charge in [0.05, 0.1) is 5.92 Å². The van der Waals surface area contributed by atoms with Crippen LogP contribution in [0.1, 0.15) is 24.5 Å². The number of anilines is 1. The van der Waals surface area contributed by atoms with Crippen LogP contribution in [0.25, 0.3) is 0 Å². The summed E-state index contributed by atoms with van der Waals surface area (Å²) < 4.78 is 0. The van der Waals surface area contributed by atoms with Gasteiger partial charge in [-0.2, -0.15) is 0 Å². The number of likely N-dealkylation sites (N-methyl/N-ethyl adjacent to an activating group) is 1. The van der Waals surface area contributed by atoms with Gasteiger partial charge in [0.1, 0.15) is 0 Å². The topological polar surface area (TPSA) is 53.5 Å². The molecule has 1 fully saturated rings. The molecule has 1 aliphatic heterocycles. The number of rotatable bonds is 6. The molecule has 1 aliphatic rings. The summed E-state index contributed by atoms with van der Waals surface area (Å²) in [5, 5.41) is 0. The van der Waals surface area contributed by atoms with Gasteiger partial charge < -0.3 is 9.80 Å². The molecular formula is C21H25N3O2. The largest absolute Gasteiger partial charge is 0.345 e. The zero-order valence-corrected chi connectivity index (χ0v) is 15.4. The van der Waals surface area contributed by atoms with E-state index in [1.54, 1.807) is 22.2 Å². The van der Waals surface area contributed by atoms with Crippen molar-refractivity contribution >= 4 is 17.5 Å². The van der Waals surface area contributed by atoms with Gasteiger partial charge in [-0.25, -0.2) is 0 Å². The molecule has 0 spiro atoms. The van der Waals surface area contributed by atoms with Crippen molar-refractivity contribution in [3.05, 3.63) is 59.9 Å². The summed E-state index contributed by atoms with van der Waals surface area (Å²) in [4.78, 5) is 32.6. The molecule has 1 aromatic heterocycles. The second-order valence-corrected chi connectivity index (χ2v) is 6.79. The number of aryl methyl sites for hydroxylation is 1. The Kier molecular flexibility index (Phi) is 5.66. The Morgan fingerprint density at radius 2 is 1.85 bits per heavy atom. The molecule has 1 unspecified atom stereocenters. The maximum absolute atomic E-state index is 12.7. The lowest BCUT2D eigenvalue weighted by Crippen LogP contribution is -2.36. The van der Waals surface area contributed by atoms with Gasteiger partial charge in [-0.15, -0.1) is 0 Å². The number of carbonyl (C=O) groups is 2. The molecule has 26 heavy (non-hydrogen) atoms. The first-order chi connectivity index (χ1) is 12.6. The monoisotopic (exact) mass is 351 g/mol. The molecule has 5 nitrogen and oxygen atoms in total. The molecule has 1 saturated heterocycles. The highest BCUT2D eigenvalue weighted by molar-refractivity contribution is 6.00. The molecule has 0 radical (unpaired) electrons. The van der Waals surface area contributed by atoms with Crippen molar-refractivity contribution in [2.45, 2.75) is 26.2 Å². The Morgan fingerprint density at radius 3 is 2.50 bits per heavy atom. The van der Waals surface area contributed by atoms with Crippen LogP contribution in [0.2, 0.25) is 0 Å². The third-order valence-electron chi connectivity index (χ3n) is 4.99. The summed E-state index contributed by atoms with van der Waals surface area (Å²) in [5.41, 5.74) is 3.27. The Labute approximate surface area is 154 Å². The van der Waals surface area contributed by atoms with Gasteiger partial charge in [0, 0.05) is 44.6 Å². The third-order valence-corrected chi connectivity index (χ3v) is 4.99. The van der Waals surface area contributed by atoms with Gasteiger partial charge in [-0.1, -0.05) is 19.1 Å². The van der Waals surface area contributed by atoms with Crippen LogP contribution in [0.3, 0.4) is 0 Å². The first-order valence-corrected chi connectivity index (χ1v) is 9.11. The Balaban J connectivity index is 1.59. The highest BCUT2D eigenvalue weighted by atomic mass is 16.2. The maximum atomic E-state index is 12.7. The second-order valence-electron chi connectivity index (χ2n) is 6.79. The van der Waals surface area contributed by atoms with E-state index in [1.165, 1.54) is 5.56 Å². The summed E-state index contributed by atoms with van der Waals surface area (Å²) in [5.74, 6) is -0.203. The summed E-state index contributed by atoms with van der Waals surface area (Å²) in [6, 6.07) is 11.9. The molecule has 3 rings (SSSR count). The average molecular weight is 351 g/mol. The number of amides is 2. The number of benzene rings is 1. The molecule has 136 valence electrons. The third kappa shape index (κ3) is 4.10. The number of aromatic nitrogens is 1. The number of carbonyl (C=O) groups excluding carboxylic acids is 2. The lowest BCUT2D eigenvalue weighted by atomic mass is 10.1. The fourth-order valence-corrected chi connectivity index (χ4v) is 3.30. The minimum Gasteiger partial charge on any atom is -0.345 e. The number of hydrogen-bond donors (Lipinski definition) is 0. The minimum absolute atomic E-state index is 0.0233. The van der Waals surface area contributed by atoms with E-state index in [2.05, 4.69) is 11.9 Å². The summed E-state index contributed by atoms with van der Waals surface area (Å²) in [7, 11) is 1.81. The SMILES string of the molecule is CCc1ccc(N2CC(C(=O)N(C)CCc3ccncc3)CC2=O)cc1. The fourth-order valence-electron chi connectivity index (χ4n) is 3.30. The second kappa shape index (κ2) is 8.13. The Bertz CT molecular complexity index is 759. The summed E-state index contributed by atoms with van der Waals surface area (Å²) in [6.45, 7) is 3.20. The van der Waals surface area contributed by atoms with Crippen LogP contribution in [0, 0.1) is 5.92 Å². The van der Waals surface area contributed by atoms with E-state index >= 15 is 0 Å². The van der Waals surface area contributed by atoms with Crippen LogP contribution in [0.15, 0.2) is 48.8 Å². The molecule has 2 heterocycles. The van der Waals surface area contributed by atoms with Crippen molar-refractivity contribution < 1.29 is 9.59 Å². The van der Waals surface area contributed by atoms with Gasteiger partial charge in [-0.3, -0.25) is 14.6 Å². The van der Waals surface area contributed by atoms with Crippen LogP contribution in [0.5, 0.6) is 0 Å². The van der Waals surface area contributed by atoms with Gasteiger partial charge in [-0.05, 0) is 48.2 Å². The van der Waals surface area contributed by atoms with Crippen LogP contribution >= 0.6 is 0 Å². The van der Waals surface area contributed by atoms with Crippen LogP contribution in [-0.2, 0) is 22.4 Å². The zero-order chi connectivity index (χ0) is 18.5. The Morgan fingerprint density at radius 1 is 1.15 bits per heavy atom. The molecular weight excluding hydrogens is 326 g/mol. The summed E-state index contributed by atoms with van der Waals surface area (Å²) >= 11 is 0. The van der Waals surface area contributed by atoms with E-state index in [4.69, 9.17) is 0 Å². The van der Waals surface area contributed by atoms with Crippen molar-refractivity contribution in [2.75, 3.05) is 25.0 Å². The predicted molar refractivity (Wildman–Crippen MR) is 102 cm³/mol. The van der Waals surface area contributed by atoms with Crippen LogP contribution < -0.4 is 4.90 Å². The quantitative estimate of drug-likeness (QED) is 0.804. The van der Waals surface area contributed by atoms with Gasteiger partial charge >= 0.3 is 0 Å². The van der Waals surface area contributed by atoms with Crippen molar-refractivity contribution in [2.24, 2.45) is 5.92 Å². The van der Waals surface area contributed by atoms with E-state index in [-0.39, 0.29) is 24.2 Å². The molecule has 2 amide bonds. The van der Waals surface area contributed by atoms with Crippen molar-refractivity contribution in [1.29, 1.82) is 0 Å². The van der Waals surface area contributed by atoms with Gasteiger partial charge in [0.25, 0.3) is 0 Å². The molecule has 1 aromatic carbocycles. The maximum Gasteiger partial charge on any atom is 0.227 e.